The van der Waals surface area contributed by atoms with Crippen molar-refractivity contribution in [2.45, 2.75) is 38.1 Å². The van der Waals surface area contributed by atoms with Gasteiger partial charge < -0.3 is 10.1 Å². The van der Waals surface area contributed by atoms with Crippen LogP contribution in [0.5, 0.6) is 0 Å². The zero-order chi connectivity index (χ0) is 15.6. The highest BCUT2D eigenvalue weighted by Gasteiger charge is 2.29. The highest BCUT2D eigenvalue weighted by Crippen LogP contribution is 2.23. The van der Waals surface area contributed by atoms with Crippen LogP contribution in [0.25, 0.3) is 0 Å². The number of sulfonamides is 1. The van der Waals surface area contributed by atoms with Gasteiger partial charge in [0.15, 0.2) is 0 Å². The molecule has 0 aliphatic heterocycles. The molecule has 0 amide bonds. The third kappa shape index (κ3) is 4.31. The van der Waals surface area contributed by atoms with Gasteiger partial charge in [-0.05, 0) is 17.9 Å². The summed E-state index contributed by atoms with van der Waals surface area (Å²) in [4.78, 5) is 13.3. The number of hydrogen-bond donors (Lipinski definition) is 3. The summed E-state index contributed by atoms with van der Waals surface area (Å²) in [6.45, 7) is 5.48. The molecule has 6 nitrogen and oxygen atoms in total. The Hall–Kier alpha value is -0.890. The Bertz CT molecular complexity index is 619. The van der Waals surface area contributed by atoms with Crippen LogP contribution in [0.1, 0.15) is 27.2 Å². The van der Waals surface area contributed by atoms with E-state index in [0.717, 1.165) is 12.3 Å². The Morgan fingerprint density at radius 3 is 2.50 bits per heavy atom. The third-order valence-electron chi connectivity index (χ3n) is 2.90. The van der Waals surface area contributed by atoms with Crippen LogP contribution in [0.15, 0.2) is 22.0 Å². The van der Waals surface area contributed by atoms with Crippen molar-refractivity contribution >= 4 is 21.6 Å². The zero-order valence-electron chi connectivity index (χ0n) is 11.6. The highest BCUT2D eigenvalue weighted by molar-refractivity contribution is 7.89. The van der Waals surface area contributed by atoms with Gasteiger partial charge in [0.25, 0.3) is 5.56 Å². The molecular formula is C12H19ClN2O4S. The Morgan fingerprint density at radius 1 is 1.45 bits per heavy atom. The van der Waals surface area contributed by atoms with Crippen molar-refractivity contribution in [2.24, 2.45) is 5.41 Å². The molecule has 1 heterocycles. The van der Waals surface area contributed by atoms with E-state index in [4.69, 9.17) is 16.7 Å². The molecular weight excluding hydrogens is 304 g/mol. The van der Waals surface area contributed by atoms with Gasteiger partial charge in [0.05, 0.1) is 4.90 Å². The van der Waals surface area contributed by atoms with Crippen molar-refractivity contribution in [1.29, 1.82) is 0 Å². The second-order valence-electron chi connectivity index (χ2n) is 5.56. The minimum Gasteiger partial charge on any atom is -0.396 e. The number of aromatic nitrogens is 1. The number of H-pyrrole nitrogens is 1. The maximum absolute atomic E-state index is 12.3. The molecule has 0 saturated heterocycles. The lowest BCUT2D eigenvalue weighted by molar-refractivity contribution is 0.214. The quantitative estimate of drug-likeness (QED) is 0.756. The molecule has 0 saturated carbocycles. The first-order chi connectivity index (χ1) is 9.08. The lowest BCUT2D eigenvalue weighted by Gasteiger charge is -2.30. The summed E-state index contributed by atoms with van der Waals surface area (Å²) >= 11 is 5.63. The second-order valence-corrected chi connectivity index (χ2v) is 7.69. The van der Waals surface area contributed by atoms with E-state index in [1.807, 2.05) is 20.8 Å². The van der Waals surface area contributed by atoms with Crippen LogP contribution in [-0.2, 0) is 10.0 Å². The SMILES string of the molecule is CC(C)(C)C(CCO)NS(=O)(=O)c1c[nH]c(=O)c(Cl)c1. The molecule has 0 aromatic carbocycles. The molecule has 0 aliphatic carbocycles. The van der Waals surface area contributed by atoms with Crippen LogP contribution in [0.3, 0.4) is 0 Å². The van der Waals surface area contributed by atoms with Crippen molar-refractivity contribution in [1.82, 2.24) is 9.71 Å². The fourth-order valence-corrected chi connectivity index (χ4v) is 3.35. The monoisotopic (exact) mass is 322 g/mol. The molecule has 3 N–H and O–H groups in total. The van der Waals surface area contributed by atoms with Gasteiger partial charge in [-0.25, -0.2) is 13.1 Å². The second kappa shape index (κ2) is 6.26. The average molecular weight is 323 g/mol. The highest BCUT2D eigenvalue weighted by atomic mass is 35.5. The molecule has 20 heavy (non-hydrogen) atoms. The third-order valence-corrected chi connectivity index (χ3v) is 4.63. The van der Waals surface area contributed by atoms with Crippen molar-refractivity contribution in [2.75, 3.05) is 6.61 Å². The van der Waals surface area contributed by atoms with E-state index in [9.17, 15) is 13.2 Å². The maximum Gasteiger partial charge on any atom is 0.266 e. The van der Waals surface area contributed by atoms with Gasteiger partial charge in [-0.15, -0.1) is 0 Å². The van der Waals surface area contributed by atoms with Gasteiger partial charge >= 0.3 is 0 Å². The van der Waals surface area contributed by atoms with Crippen molar-refractivity contribution in [3.63, 3.8) is 0 Å². The fraction of sp³-hybridized carbons (Fsp3) is 0.583. The topological polar surface area (TPSA) is 99.3 Å². The summed E-state index contributed by atoms with van der Waals surface area (Å²) in [5.74, 6) is 0. The van der Waals surface area contributed by atoms with Gasteiger partial charge in [-0.2, -0.15) is 0 Å². The van der Waals surface area contributed by atoms with E-state index in [-0.39, 0.29) is 21.9 Å². The number of aliphatic hydroxyl groups is 1. The number of pyridine rings is 1. The molecule has 0 bridgehead atoms. The molecule has 0 fully saturated rings. The van der Waals surface area contributed by atoms with Crippen molar-refractivity contribution in [3.8, 4) is 0 Å². The molecule has 0 spiro atoms. The molecule has 1 aromatic heterocycles. The average Bonchev–Trinajstić information content (AvgIpc) is 2.30. The molecule has 114 valence electrons. The maximum atomic E-state index is 12.3. The normalized spacial score (nSPS) is 14.2. The molecule has 0 radical (unpaired) electrons. The van der Waals surface area contributed by atoms with Gasteiger partial charge in [0, 0.05) is 18.8 Å². The first kappa shape index (κ1) is 17.2. The van der Waals surface area contributed by atoms with Crippen LogP contribution in [0.4, 0.5) is 0 Å². The Kier molecular flexibility index (Phi) is 5.37. The molecule has 0 aliphatic rings. The van der Waals surface area contributed by atoms with E-state index in [2.05, 4.69) is 9.71 Å². The zero-order valence-corrected chi connectivity index (χ0v) is 13.2. The predicted octanol–water partition coefficient (Wildman–Crippen LogP) is 1.10. The standard InChI is InChI=1S/C12H19ClN2O4S/c1-12(2,3)10(4-5-16)15-20(18,19)8-6-9(13)11(17)14-7-8/h6-7,10,15-16H,4-5H2,1-3H3,(H,14,17). The molecule has 1 rings (SSSR count). The first-order valence-corrected chi connectivity index (χ1v) is 7.95. The van der Waals surface area contributed by atoms with Crippen LogP contribution in [0.2, 0.25) is 5.02 Å². The van der Waals surface area contributed by atoms with Gasteiger partial charge in [0.1, 0.15) is 5.02 Å². The lowest BCUT2D eigenvalue weighted by atomic mass is 9.86. The fourth-order valence-electron chi connectivity index (χ4n) is 1.65. The summed E-state index contributed by atoms with van der Waals surface area (Å²) in [7, 11) is -3.82. The van der Waals surface area contributed by atoms with Gasteiger partial charge in [-0.3, -0.25) is 4.79 Å². The first-order valence-electron chi connectivity index (χ1n) is 6.09. The van der Waals surface area contributed by atoms with Crippen LogP contribution in [-0.4, -0.2) is 31.2 Å². The summed E-state index contributed by atoms with van der Waals surface area (Å²) < 4.78 is 27.0. The molecule has 1 atom stereocenters. The number of hydrogen-bond acceptors (Lipinski definition) is 4. The number of nitrogens with one attached hydrogen (secondary N) is 2. The summed E-state index contributed by atoms with van der Waals surface area (Å²) in [5, 5.41) is 8.85. The van der Waals surface area contributed by atoms with Crippen molar-refractivity contribution < 1.29 is 13.5 Å². The minimum absolute atomic E-state index is 0.116. The van der Waals surface area contributed by atoms with E-state index < -0.39 is 21.6 Å². The summed E-state index contributed by atoms with van der Waals surface area (Å²) in [6, 6.07) is 0.657. The number of halogens is 1. The van der Waals surface area contributed by atoms with E-state index in [1.165, 1.54) is 0 Å². The molecule has 1 unspecified atom stereocenters. The molecule has 8 heteroatoms. The number of aromatic amines is 1. The Morgan fingerprint density at radius 2 is 2.05 bits per heavy atom. The summed E-state index contributed by atoms with van der Waals surface area (Å²) in [6.07, 6.45) is 1.38. The van der Waals surface area contributed by atoms with Crippen LogP contribution in [0, 0.1) is 5.41 Å². The van der Waals surface area contributed by atoms with Crippen molar-refractivity contribution in [3.05, 3.63) is 27.6 Å². The smallest absolute Gasteiger partial charge is 0.266 e. The van der Waals surface area contributed by atoms with Gasteiger partial charge in [-0.1, -0.05) is 32.4 Å². The van der Waals surface area contributed by atoms with E-state index in [1.54, 1.807) is 0 Å². The Labute approximate surface area is 123 Å². The predicted molar refractivity (Wildman–Crippen MR) is 77.3 cm³/mol. The van der Waals surface area contributed by atoms with Crippen LogP contribution >= 0.6 is 11.6 Å². The molecule has 1 aromatic rings. The van der Waals surface area contributed by atoms with E-state index >= 15 is 0 Å². The lowest BCUT2D eigenvalue weighted by Crippen LogP contribution is -2.44. The van der Waals surface area contributed by atoms with E-state index in [0.29, 0.717) is 6.42 Å². The summed E-state index contributed by atoms with van der Waals surface area (Å²) in [5.41, 5.74) is -0.907. The Balaban J connectivity index is 3.09. The van der Waals surface area contributed by atoms with Crippen LogP contribution < -0.4 is 10.3 Å². The number of rotatable bonds is 5. The van der Waals surface area contributed by atoms with Gasteiger partial charge in [0.2, 0.25) is 10.0 Å². The number of aliphatic hydroxyl groups excluding tert-OH is 1. The minimum atomic E-state index is -3.82. The largest absolute Gasteiger partial charge is 0.396 e.